The van der Waals surface area contributed by atoms with Crippen LogP contribution >= 0.6 is 0 Å². The highest BCUT2D eigenvalue weighted by Crippen LogP contribution is 2.15. The third-order valence-electron chi connectivity index (χ3n) is 3.30. The highest BCUT2D eigenvalue weighted by Gasteiger charge is 2.12. The second kappa shape index (κ2) is 9.69. The Balaban J connectivity index is 1.54. The fourth-order valence-corrected chi connectivity index (χ4v) is 2.05. The van der Waals surface area contributed by atoms with Gasteiger partial charge in [0.15, 0.2) is 0 Å². The first kappa shape index (κ1) is 18.0. The van der Waals surface area contributed by atoms with Gasteiger partial charge in [0.25, 0.3) is 0 Å². The molecule has 1 aromatic carbocycles. The van der Waals surface area contributed by atoms with Crippen molar-refractivity contribution in [1.82, 2.24) is 10.6 Å². The van der Waals surface area contributed by atoms with E-state index >= 15 is 0 Å². The van der Waals surface area contributed by atoms with Gasteiger partial charge in [-0.15, -0.1) is 0 Å². The molecule has 130 valence electrons. The van der Waals surface area contributed by atoms with E-state index in [1.165, 1.54) is 12.1 Å². The Morgan fingerprint density at radius 3 is 2.83 bits per heavy atom. The molecule has 0 bridgehead atoms. The van der Waals surface area contributed by atoms with Crippen LogP contribution in [0.2, 0.25) is 0 Å². The van der Waals surface area contributed by atoms with Crippen molar-refractivity contribution >= 4 is 6.03 Å². The molecule has 0 spiro atoms. The van der Waals surface area contributed by atoms with Crippen LogP contribution in [0.3, 0.4) is 0 Å². The van der Waals surface area contributed by atoms with Crippen LogP contribution in [-0.2, 0) is 11.3 Å². The van der Waals surface area contributed by atoms with Crippen LogP contribution in [-0.4, -0.2) is 30.8 Å². The van der Waals surface area contributed by atoms with Gasteiger partial charge in [-0.3, -0.25) is 0 Å². The van der Waals surface area contributed by atoms with Crippen LogP contribution in [0.5, 0.6) is 0 Å². The summed E-state index contributed by atoms with van der Waals surface area (Å²) in [7, 11) is 0. The molecule has 6 nitrogen and oxygen atoms in total. The molecule has 0 fully saturated rings. The molecule has 0 aliphatic heterocycles. The van der Waals surface area contributed by atoms with Crippen molar-refractivity contribution in [3.63, 3.8) is 0 Å². The average molecular weight is 336 g/mol. The molecule has 0 saturated carbocycles. The highest BCUT2D eigenvalue weighted by molar-refractivity contribution is 5.73. The number of hydrogen-bond donors (Lipinski definition) is 3. The monoisotopic (exact) mass is 336 g/mol. The molecule has 0 saturated heterocycles. The van der Waals surface area contributed by atoms with Gasteiger partial charge in [0.2, 0.25) is 0 Å². The first-order valence-corrected chi connectivity index (χ1v) is 7.71. The summed E-state index contributed by atoms with van der Waals surface area (Å²) in [5.74, 6) is 0.253. The van der Waals surface area contributed by atoms with Gasteiger partial charge in [0, 0.05) is 25.3 Å². The number of furan rings is 1. The van der Waals surface area contributed by atoms with Crippen LogP contribution in [0.25, 0.3) is 0 Å². The minimum Gasteiger partial charge on any atom is -0.467 e. The second-order valence-electron chi connectivity index (χ2n) is 5.16. The molecule has 1 atom stereocenters. The number of carbonyl (C=O) groups is 1. The van der Waals surface area contributed by atoms with Crippen LogP contribution in [0.15, 0.2) is 47.1 Å². The Morgan fingerprint density at radius 2 is 2.08 bits per heavy atom. The molecular weight excluding hydrogens is 315 g/mol. The number of amides is 2. The van der Waals surface area contributed by atoms with E-state index in [9.17, 15) is 14.3 Å². The van der Waals surface area contributed by atoms with Crippen molar-refractivity contribution in [2.45, 2.75) is 19.1 Å². The van der Waals surface area contributed by atoms with Crippen LogP contribution in [0, 0.1) is 5.82 Å². The quantitative estimate of drug-likeness (QED) is 0.614. The number of benzene rings is 1. The Labute approximate surface area is 139 Å². The number of hydrogen-bond acceptors (Lipinski definition) is 4. The molecule has 2 rings (SSSR count). The average Bonchev–Trinajstić information content (AvgIpc) is 3.09. The maximum Gasteiger partial charge on any atom is 0.314 e. The number of carbonyl (C=O) groups excluding carboxylic acids is 1. The zero-order valence-corrected chi connectivity index (χ0v) is 13.2. The van der Waals surface area contributed by atoms with Crippen molar-refractivity contribution in [1.29, 1.82) is 0 Å². The molecule has 7 heteroatoms. The largest absolute Gasteiger partial charge is 0.467 e. The Morgan fingerprint density at radius 1 is 1.25 bits per heavy atom. The molecular formula is C17H21FN2O4. The minimum absolute atomic E-state index is 0.0677. The third kappa shape index (κ3) is 6.02. The molecule has 1 heterocycles. The lowest BCUT2D eigenvalue weighted by molar-refractivity contribution is 0.104. The summed E-state index contributed by atoms with van der Waals surface area (Å²) < 4.78 is 24.0. The standard InChI is InChI=1S/C17H21FN2O4/c18-15-7-2-1-6-14(15)16(21)11-20-17(22)19-8-4-9-23-12-13-5-3-10-24-13/h1-3,5-7,10,16,21H,4,8-9,11-12H2,(H2,19,20,22). The van der Waals surface area contributed by atoms with Crippen molar-refractivity contribution in [2.24, 2.45) is 0 Å². The van der Waals surface area contributed by atoms with Crippen molar-refractivity contribution in [3.05, 3.63) is 59.8 Å². The SMILES string of the molecule is O=C(NCCCOCc1ccco1)NCC(O)c1ccccc1F. The summed E-state index contributed by atoms with van der Waals surface area (Å²) in [5, 5.41) is 15.0. The molecule has 2 aromatic rings. The molecule has 0 radical (unpaired) electrons. The van der Waals surface area contributed by atoms with Gasteiger partial charge in [0.1, 0.15) is 18.2 Å². The first-order valence-electron chi connectivity index (χ1n) is 7.71. The lowest BCUT2D eigenvalue weighted by Gasteiger charge is -2.13. The summed E-state index contributed by atoms with van der Waals surface area (Å²) in [6.45, 7) is 1.24. The van der Waals surface area contributed by atoms with Crippen molar-refractivity contribution in [3.8, 4) is 0 Å². The van der Waals surface area contributed by atoms with E-state index < -0.39 is 18.0 Å². The molecule has 0 aliphatic carbocycles. The van der Waals surface area contributed by atoms with Gasteiger partial charge in [-0.25, -0.2) is 9.18 Å². The maximum atomic E-state index is 13.5. The summed E-state index contributed by atoms with van der Waals surface area (Å²) in [5.41, 5.74) is 0.157. The minimum atomic E-state index is -1.09. The summed E-state index contributed by atoms with van der Waals surface area (Å²) in [6, 6.07) is 9.12. The summed E-state index contributed by atoms with van der Waals surface area (Å²) >= 11 is 0. The van der Waals surface area contributed by atoms with E-state index in [0.717, 1.165) is 5.76 Å². The van der Waals surface area contributed by atoms with Crippen molar-refractivity contribution < 1.29 is 23.4 Å². The predicted molar refractivity (Wildman–Crippen MR) is 85.7 cm³/mol. The number of ether oxygens (including phenoxy) is 1. The summed E-state index contributed by atoms with van der Waals surface area (Å²) in [4.78, 5) is 11.6. The summed E-state index contributed by atoms with van der Waals surface area (Å²) in [6.07, 6.45) is 1.14. The predicted octanol–water partition coefficient (Wildman–Crippen LogP) is 2.36. The smallest absolute Gasteiger partial charge is 0.314 e. The lowest BCUT2D eigenvalue weighted by atomic mass is 10.1. The first-order chi connectivity index (χ1) is 11.7. The molecule has 0 aliphatic rings. The number of nitrogens with one attached hydrogen (secondary N) is 2. The Hall–Kier alpha value is -2.38. The number of halogens is 1. The van der Waals surface area contributed by atoms with Crippen LogP contribution in [0.4, 0.5) is 9.18 Å². The van der Waals surface area contributed by atoms with Crippen LogP contribution < -0.4 is 10.6 Å². The number of urea groups is 1. The van der Waals surface area contributed by atoms with E-state index in [0.29, 0.717) is 26.2 Å². The van der Waals surface area contributed by atoms with E-state index in [2.05, 4.69) is 10.6 Å². The molecule has 2 amide bonds. The van der Waals surface area contributed by atoms with E-state index in [1.54, 1.807) is 24.5 Å². The zero-order valence-electron chi connectivity index (χ0n) is 13.2. The third-order valence-corrected chi connectivity index (χ3v) is 3.30. The van der Waals surface area contributed by atoms with E-state index in [-0.39, 0.29) is 12.1 Å². The van der Waals surface area contributed by atoms with E-state index in [1.807, 2.05) is 6.07 Å². The van der Waals surface area contributed by atoms with Gasteiger partial charge in [0.05, 0.1) is 12.4 Å². The molecule has 24 heavy (non-hydrogen) atoms. The maximum absolute atomic E-state index is 13.5. The molecule has 1 unspecified atom stereocenters. The molecule has 1 aromatic heterocycles. The van der Waals surface area contributed by atoms with Gasteiger partial charge < -0.3 is 24.9 Å². The zero-order chi connectivity index (χ0) is 17.2. The normalized spacial score (nSPS) is 11.9. The fourth-order valence-electron chi connectivity index (χ4n) is 2.05. The van der Waals surface area contributed by atoms with Crippen molar-refractivity contribution in [2.75, 3.05) is 19.7 Å². The van der Waals surface area contributed by atoms with Gasteiger partial charge >= 0.3 is 6.03 Å². The van der Waals surface area contributed by atoms with E-state index in [4.69, 9.17) is 9.15 Å². The lowest BCUT2D eigenvalue weighted by Crippen LogP contribution is -2.38. The van der Waals surface area contributed by atoms with Gasteiger partial charge in [-0.1, -0.05) is 18.2 Å². The highest BCUT2D eigenvalue weighted by atomic mass is 19.1. The number of rotatable bonds is 9. The van der Waals surface area contributed by atoms with Gasteiger partial charge in [-0.05, 0) is 24.6 Å². The number of aliphatic hydroxyl groups excluding tert-OH is 1. The Bertz CT molecular complexity index is 619. The van der Waals surface area contributed by atoms with Crippen LogP contribution in [0.1, 0.15) is 23.8 Å². The Kier molecular flexibility index (Phi) is 7.25. The topological polar surface area (TPSA) is 83.7 Å². The molecule has 3 N–H and O–H groups in total. The van der Waals surface area contributed by atoms with Gasteiger partial charge in [-0.2, -0.15) is 0 Å². The second-order valence-corrected chi connectivity index (χ2v) is 5.16. The number of aliphatic hydroxyl groups is 1. The fraction of sp³-hybridized carbons (Fsp3) is 0.353.